The topological polar surface area (TPSA) is 88.1 Å². The molecule has 0 aliphatic carbocycles. The van der Waals surface area contributed by atoms with Crippen molar-refractivity contribution in [3.8, 4) is 0 Å². The van der Waals surface area contributed by atoms with Crippen LogP contribution in [0.25, 0.3) is 0 Å². The van der Waals surface area contributed by atoms with Crippen molar-refractivity contribution in [3.63, 3.8) is 0 Å². The molecule has 0 atom stereocenters. The molecule has 8 nitrogen and oxygen atoms in total. The highest BCUT2D eigenvalue weighted by atomic mass is 32.1. The zero-order valence-electron chi connectivity index (χ0n) is 19.2. The van der Waals surface area contributed by atoms with Gasteiger partial charge in [-0.15, -0.1) is 11.3 Å². The molecule has 1 aromatic rings. The Bertz CT molecular complexity index is 706. The lowest BCUT2D eigenvalue weighted by Crippen LogP contribution is -2.46. The van der Waals surface area contributed by atoms with Gasteiger partial charge in [0.2, 0.25) is 0 Å². The molecule has 0 spiro atoms. The molecular weight excluding hydrogens is 402 g/mol. The van der Waals surface area contributed by atoms with E-state index in [1.807, 2.05) is 34.7 Å². The molecule has 1 amide bonds. The first kappa shape index (κ1) is 24.4. The average molecular weight is 440 g/mol. The first-order chi connectivity index (χ1) is 14.2. The molecule has 1 aromatic heterocycles. The van der Waals surface area contributed by atoms with Crippen LogP contribution in [0.3, 0.4) is 0 Å². The van der Waals surface area contributed by atoms with Crippen LogP contribution >= 0.6 is 11.3 Å². The number of aliphatic imine (C=N–C) groups is 1. The van der Waals surface area contributed by atoms with Gasteiger partial charge in [-0.1, -0.05) is 0 Å². The van der Waals surface area contributed by atoms with E-state index in [1.54, 1.807) is 11.3 Å². The van der Waals surface area contributed by atoms with E-state index in [1.165, 1.54) is 4.88 Å². The number of guanidine groups is 1. The van der Waals surface area contributed by atoms with Crippen molar-refractivity contribution in [1.82, 2.24) is 20.5 Å². The van der Waals surface area contributed by atoms with E-state index in [0.29, 0.717) is 13.2 Å². The summed E-state index contributed by atoms with van der Waals surface area (Å²) in [5.41, 5.74) is 0.622. The lowest BCUT2D eigenvalue weighted by atomic mass is 10.1. The molecule has 0 unspecified atom stereocenters. The number of ether oxygens (including phenoxy) is 2. The van der Waals surface area contributed by atoms with Crippen LogP contribution in [0, 0.1) is 13.8 Å². The number of rotatable bonds is 7. The molecule has 1 fully saturated rings. The van der Waals surface area contributed by atoms with Crippen LogP contribution in [0.15, 0.2) is 4.99 Å². The molecule has 0 bridgehead atoms. The largest absolute Gasteiger partial charge is 0.444 e. The second kappa shape index (κ2) is 11.5. The first-order valence-corrected chi connectivity index (χ1v) is 11.5. The number of amides is 1. The van der Waals surface area contributed by atoms with Crippen LogP contribution < -0.4 is 10.6 Å². The zero-order chi connectivity index (χ0) is 22.1. The second-order valence-electron chi connectivity index (χ2n) is 8.48. The second-order valence-corrected chi connectivity index (χ2v) is 9.77. The molecule has 2 N–H and O–H groups in total. The quantitative estimate of drug-likeness (QED) is 0.385. The van der Waals surface area contributed by atoms with Crippen LogP contribution in [0.1, 0.15) is 55.6 Å². The summed E-state index contributed by atoms with van der Waals surface area (Å²) in [6.45, 7) is 13.4. The van der Waals surface area contributed by atoms with Gasteiger partial charge in [0.05, 0.1) is 23.4 Å². The Morgan fingerprint density at radius 2 is 1.97 bits per heavy atom. The maximum absolute atomic E-state index is 11.6. The van der Waals surface area contributed by atoms with Gasteiger partial charge in [-0.2, -0.15) is 0 Å². The van der Waals surface area contributed by atoms with Crippen molar-refractivity contribution >= 4 is 23.4 Å². The summed E-state index contributed by atoms with van der Waals surface area (Å²) in [4.78, 5) is 24.1. The Morgan fingerprint density at radius 3 is 2.53 bits per heavy atom. The average Bonchev–Trinajstić information content (AvgIpc) is 2.99. The fourth-order valence-electron chi connectivity index (χ4n) is 3.29. The summed E-state index contributed by atoms with van der Waals surface area (Å²) >= 11 is 1.73. The van der Waals surface area contributed by atoms with Crippen LogP contribution in [-0.2, 0) is 16.0 Å². The van der Waals surface area contributed by atoms with Gasteiger partial charge in [0.15, 0.2) is 5.96 Å². The van der Waals surface area contributed by atoms with Crippen molar-refractivity contribution in [2.45, 2.75) is 72.1 Å². The molecule has 0 aromatic carbocycles. The summed E-state index contributed by atoms with van der Waals surface area (Å²) in [5.74, 6) is 0.931. The van der Waals surface area contributed by atoms with Gasteiger partial charge in [-0.25, -0.2) is 9.78 Å². The minimum atomic E-state index is -0.470. The van der Waals surface area contributed by atoms with Crippen LogP contribution in [0.4, 0.5) is 4.79 Å². The fourth-order valence-corrected chi connectivity index (χ4v) is 4.17. The molecular formula is C21H37N5O3S. The maximum Gasteiger partial charge on any atom is 0.407 e. The Labute approximate surface area is 184 Å². The molecule has 1 saturated heterocycles. The number of alkyl carbamates (subject to hydrolysis) is 1. The van der Waals surface area contributed by atoms with E-state index in [-0.39, 0.29) is 12.2 Å². The molecule has 0 saturated carbocycles. The van der Waals surface area contributed by atoms with Crippen molar-refractivity contribution in [2.24, 2.45) is 4.99 Å². The molecule has 170 valence electrons. The van der Waals surface area contributed by atoms with Gasteiger partial charge < -0.3 is 25.0 Å². The Balaban J connectivity index is 1.62. The third-order valence-corrected chi connectivity index (χ3v) is 5.78. The number of nitrogens with zero attached hydrogens (tertiary/aromatic N) is 3. The summed E-state index contributed by atoms with van der Waals surface area (Å²) < 4.78 is 11.2. The minimum absolute atomic E-state index is 0.257. The normalized spacial score (nSPS) is 15.9. The minimum Gasteiger partial charge on any atom is -0.444 e. The molecule has 9 heteroatoms. The third-order valence-electron chi connectivity index (χ3n) is 4.70. The van der Waals surface area contributed by atoms with Gasteiger partial charge in [0.1, 0.15) is 5.60 Å². The van der Waals surface area contributed by atoms with Crippen LogP contribution in [0.5, 0.6) is 0 Å². The Kier molecular flexibility index (Phi) is 9.36. The van der Waals surface area contributed by atoms with Gasteiger partial charge in [0.25, 0.3) is 0 Å². The van der Waals surface area contributed by atoms with E-state index in [4.69, 9.17) is 9.47 Å². The number of thiazole rings is 1. The third kappa shape index (κ3) is 8.47. The molecule has 2 rings (SSSR count). The Hall–Kier alpha value is -1.87. The summed E-state index contributed by atoms with van der Waals surface area (Å²) in [6, 6.07) is 0. The van der Waals surface area contributed by atoms with E-state index < -0.39 is 5.60 Å². The van der Waals surface area contributed by atoms with Gasteiger partial charge in [0, 0.05) is 38.2 Å². The number of aryl methyl sites for hydroxylation is 2. The summed E-state index contributed by atoms with van der Waals surface area (Å²) in [6.07, 6.45) is 2.60. The SMILES string of the molecule is CN=C(NCc1sc(C)nc1C)N1CCC(OCCCNC(=O)OC(C)(C)C)CC1. The van der Waals surface area contributed by atoms with Gasteiger partial charge in [-0.05, 0) is 53.9 Å². The summed E-state index contributed by atoms with van der Waals surface area (Å²) in [5, 5.41) is 7.32. The molecule has 2 heterocycles. The lowest BCUT2D eigenvalue weighted by molar-refractivity contribution is 0.0170. The zero-order valence-corrected chi connectivity index (χ0v) is 20.0. The monoisotopic (exact) mass is 439 g/mol. The number of carbonyl (C=O) groups excluding carboxylic acids is 1. The highest BCUT2D eigenvalue weighted by Gasteiger charge is 2.22. The lowest BCUT2D eigenvalue weighted by Gasteiger charge is -2.34. The van der Waals surface area contributed by atoms with E-state index in [0.717, 1.165) is 55.6 Å². The number of hydrogen-bond acceptors (Lipinski definition) is 6. The molecule has 30 heavy (non-hydrogen) atoms. The fraction of sp³-hybridized carbons (Fsp3) is 0.762. The van der Waals surface area contributed by atoms with E-state index in [2.05, 4.69) is 32.4 Å². The van der Waals surface area contributed by atoms with E-state index >= 15 is 0 Å². The first-order valence-electron chi connectivity index (χ1n) is 10.6. The number of likely N-dealkylation sites (tertiary alicyclic amines) is 1. The number of piperidine rings is 1. The smallest absolute Gasteiger partial charge is 0.407 e. The predicted octanol–water partition coefficient (Wildman–Crippen LogP) is 3.23. The predicted molar refractivity (Wildman–Crippen MR) is 121 cm³/mol. The molecule has 1 aliphatic rings. The summed E-state index contributed by atoms with van der Waals surface area (Å²) in [7, 11) is 1.83. The number of aromatic nitrogens is 1. The number of nitrogens with one attached hydrogen (secondary N) is 2. The van der Waals surface area contributed by atoms with Gasteiger partial charge in [-0.3, -0.25) is 4.99 Å². The Morgan fingerprint density at radius 1 is 1.27 bits per heavy atom. The molecule has 1 aliphatic heterocycles. The van der Waals surface area contributed by atoms with E-state index in [9.17, 15) is 4.79 Å². The molecule has 0 radical (unpaired) electrons. The van der Waals surface area contributed by atoms with Crippen molar-refractivity contribution < 1.29 is 14.3 Å². The number of hydrogen-bond donors (Lipinski definition) is 2. The van der Waals surface area contributed by atoms with Crippen molar-refractivity contribution in [3.05, 3.63) is 15.6 Å². The highest BCUT2D eigenvalue weighted by Crippen LogP contribution is 2.18. The standard InChI is InChI=1S/C21H37N5O3S/c1-15-18(30-16(2)25-15)14-24-19(22-6)26-11-8-17(9-12-26)28-13-7-10-23-20(27)29-21(3,4)5/h17H,7-14H2,1-6H3,(H,22,24)(H,23,27). The maximum atomic E-state index is 11.6. The van der Waals surface area contributed by atoms with Crippen LogP contribution in [-0.4, -0.2) is 66.9 Å². The number of carbonyl (C=O) groups is 1. The van der Waals surface area contributed by atoms with Crippen molar-refractivity contribution in [1.29, 1.82) is 0 Å². The van der Waals surface area contributed by atoms with Gasteiger partial charge >= 0.3 is 6.09 Å². The van der Waals surface area contributed by atoms with Crippen LogP contribution in [0.2, 0.25) is 0 Å². The highest BCUT2D eigenvalue weighted by molar-refractivity contribution is 7.11. The van der Waals surface area contributed by atoms with Crippen molar-refractivity contribution in [2.75, 3.05) is 33.3 Å².